The summed E-state index contributed by atoms with van der Waals surface area (Å²) in [6.07, 6.45) is 11.4. The number of terminal acetylenes is 1. The highest BCUT2D eigenvalue weighted by Gasteiger charge is 2.31. The van der Waals surface area contributed by atoms with E-state index in [9.17, 15) is 4.79 Å². The molecule has 84 valence electrons. The monoisotopic (exact) mass is 208 g/mol. The van der Waals surface area contributed by atoms with Crippen LogP contribution in [-0.2, 0) is 4.79 Å². The summed E-state index contributed by atoms with van der Waals surface area (Å²) in [5.41, 5.74) is 5.86. The van der Waals surface area contributed by atoms with Crippen molar-refractivity contribution in [1.82, 2.24) is 5.32 Å². The second kappa shape index (κ2) is 5.77. The molecule has 1 fully saturated rings. The lowest BCUT2D eigenvalue weighted by Crippen LogP contribution is -2.42. The molecule has 0 spiro atoms. The van der Waals surface area contributed by atoms with Crippen LogP contribution in [0.3, 0.4) is 0 Å². The normalized spacial score (nSPS) is 18.4. The Bertz CT molecular complexity index is 249. The fourth-order valence-corrected chi connectivity index (χ4v) is 2.06. The molecule has 0 heterocycles. The number of carbonyl (C=O) groups is 1. The predicted molar refractivity (Wildman–Crippen MR) is 61.1 cm³/mol. The van der Waals surface area contributed by atoms with Crippen molar-refractivity contribution in [2.75, 3.05) is 6.54 Å². The van der Waals surface area contributed by atoms with E-state index >= 15 is 0 Å². The number of nitrogens with one attached hydrogen (secondary N) is 1. The van der Waals surface area contributed by atoms with Crippen LogP contribution in [-0.4, -0.2) is 18.0 Å². The quantitative estimate of drug-likeness (QED) is 0.526. The largest absolute Gasteiger partial charge is 0.356 e. The van der Waals surface area contributed by atoms with Crippen molar-refractivity contribution in [3.05, 3.63) is 0 Å². The number of nitrogens with two attached hydrogens (primary N) is 1. The summed E-state index contributed by atoms with van der Waals surface area (Å²) >= 11 is 0. The van der Waals surface area contributed by atoms with E-state index in [-0.39, 0.29) is 11.4 Å². The molecule has 0 bridgehead atoms. The molecule has 0 unspecified atom stereocenters. The lowest BCUT2D eigenvalue weighted by Gasteiger charge is -2.22. The third-order valence-corrected chi connectivity index (χ3v) is 2.93. The summed E-state index contributed by atoms with van der Waals surface area (Å²) in [5.74, 6) is 2.61. The Hall–Kier alpha value is -1.01. The molecule has 3 heteroatoms. The Balaban J connectivity index is 2.15. The molecule has 1 aliphatic rings. The number of amides is 1. The summed E-state index contributed by atoms with van der Waals surface area (Å²) in [7, 11) is 0. The zero-order chi connectivity index (χ0) is 11.1. The topological polar surface area (TPSA) is 55.1 Å². The van der Waals surface area contributed by atoms with Crippen LogP contribution in [0.2, 0.25) is 0 Å². The van der Waals surface area contributed by atoms with Crippen LogP contribution >= 0.6 is 0 Å². The minimum atomic E-state index is -0.240. The maximum atomic E-state index is 11.5. The summed E-state index contributed by atoms with van der Waals surface area (Å²) in [5, 5.41) is 2.86. The van der Waals surface area contributed by atoms with Gasteiger partial charge in [-0.05, 0) is 19.3 Å². The van der Waals surface area contributed by atoms with Crippen LogP contribution < -0.4 is 11.1 Å². The number of unbranched alkanes of at least 4 members (excludes halogenated alkanes) is 1. The van der Waals surface area contributed by atoms with E-state index in [1.165, 1.54) is 0 Å². The van der Waals surface area contributed by atoms with Gasteiger partial charge in [0, 0.05) is 24.9 Å². The van der Waals surface area contributed by atoms with E-state index in [2.05, 4.69) is 11.2 Å². The lowest BCUT2D eigenvalue weighted by molar-refractivity contribution is -0.122. The van der Waals surface area contributed by atoms with Crippen LogP contribution in [0.4, 0.5) is 0 Å². The minimum absolute atomic E-state index is 0.0661. The van der Waals surface area contributed by atoms with Gasteiger partial charge >= 0.3 is 0 Å². The molecular formula is C12H20N2O. The fraction of sp³-hybridized carbons (Fsp3) is 0.750. The number of hydrogen-bond acceptors (Lipinski definition) is 2. The Labute approximate surface area is 91.8 Å². The Morgan fingerprint density at radius 3 is 2.73 bits per heavy atom. The van der Waals surface area contributed by atoms with Crippen molar-refractivity contribution in [3.8, 4) is 12.3 Å². The molecule has 0 aromatic carbocycles. The van der Waals surface area contributed by atoms with Crippen LogP contribution in [0.1, 0.15) is 44.9 Å². The van der Waals surface area contributed by atoms with Gasteiger partial charge < -0.3 is 11.1 Å². The van der Waals surface area contributed by atoms with Crippen molar-refractivity contribution in [2.24, 2.45) is 5.73 Å². The highest BCUT2D eigenvalue weighted by Crippen LogP contribution is 2.29. The van der Waals surface area contributed by atoms with Crippen molar-refractivity contribution in [3.63, 3.8) is 0 Å². The van der Waals surface area contributed by atoms with Crippen LogP contribution in [0, 0.1) is 12.3 Å². The first-order valence-electron chi connectivity index (χ1n) is 5.65. The summed E-state index contributed by atoms with van der Waals surface area (Å²) in [6.45, 7) is 0.666. The lowest BCUT2D eigenvalue weighted by atomic mass is 9.94. The van der Waals surface area contributed by atoms with E-state index < -0.39 is 0 Å². The average molecular weight is 208 g/mol. The van der Waals surface area contributed by atoms with Gasteiger partial charge in [0.25, 0.3) is 0 Å². The van der Waals surface area contributed by atoms with Crippen molar-refractivity contribution in [2.45, 2.75) is 50.5 Å². The molecule has 0 radical (unpaired) electrons. The molecule has 0 aromatic heterocycles. The first-order valence-corrected chi connectivity index (χ1v) is 5.65. The maximum absolute atomic E-state index is 11.5. The average Bonchev–Trinajstić information content (AvgIpc) is 2.59. The zero-order valence-electron chi connectivity index (χ0n) is 9.22. The molecule has 1 amide bonds. The fourth-order valence-electron chi connectivity index (χ4n) is 2.06. The highest BCUT2D eigenvalue weighted by atomic mass is 16.1. The van der Waals surface area contributed by atoms with Gasteiger partial charge in [-0.1, -0.05) is 12.8 Å². The van der Waals surface area contributed by atoms with Gasteiger partial charge in [-0.3, -0.25) is 4.79 Å². The SMILES string of the molecule is C#CCCCNC(=O)CC1(N)CCCC1. The smallest absolute Gasteiger partial charge is 0.221 e. The van der Waals surface area contributed by atoms with Gasteiger partial charge in [0.2, 0.25) is 5.91 Å². The number of hydrogen-bond donors (Lipinski definition) is 2. The Morgan fingerprint density at radius 2 is 2.13 bits per heavy atom. The molecule has 15 heavy (non-hydrogen) atoms. The van der Waals surface area contributed by atoms with Gasteiger partial charge in [-0.25, -0.2) is 0 Å². The van der Waals surface area contributed by atoms with E-state index in [4.69, 9.17) is 12.2 Å². The molecular weight excluding hydrogens is 188 g/mol. The minimum Gasteiger partial charge on any atom is -0.356 e. The third kappa shape index (κ3) is 4.35. The molecule has 1 saturated carbocycles. The predicted octanol–water partition coefficient (Wildman–Crippen LogP) is 1.18. The van der Waals surface area contributed by atoms with Crippen LogP contribution in [0.5, 0.6) is 0 Å². The molecule has 0 aromatic rings. The van der Waals surface area contributed by atoms with Gasteiger partial charge in [-0.2, -0.15) is 0 Å². The molecule has 1 rings (SSSR count). The molecule has 0 aliphatic heterocycles. The van der Waals surface area contributed by atoms with E-state index in [0.29, 0.717) is 19.4 Å². The summed E-state index contributed by atoms with van der Waals surface area (Å²) in [6, 6.07) is 0. The molecule has 3 N–H and O–H groups in total. The van der Waals surface area contributed by atoms with Gasteiger partial charge in [0.1, 0.15) is 0 Å². The standard InChI is InChI=1S/C12H20N2O/c1-2-3-6-9-14-11(15)10-12(13)7-4-5-8-12/h1H,3-10,13H2,(H,14,15). The van der Waals surface area contributed by atoms with Crippen molar-refractivity contribution in [1.29, 1.82) is 0 Å². The van der Waals surface area contributed by atoms with Gasteiger partial charge in [0.15, 0.2) is 0 Å². The molecule has 0 atom stereocenters. The first-order chi connectivity index (χ1) is 7.16. The van der Waals surface area contributed by atoms with Crippen LogP contribution in [0.15, 0.2) is 0 Å². The summed E-state index contributed by atoms with van der Waals surface area (Å²) in [4.78, 5) is 11.5. The maximum Gasteiger partial charge on any atom is 0.221 e. The molecule has 1 aliphatic carbocycles. The van der Waals surface area contributed by atoms with E-state index in [1.54, 1.807) is 0 Å². The third-order valence-electron chi connectivity index (χ3n) is 2.93. The van der Waals surface area contributed by atoms with Gasteiger partial charge in [0.05, 0.1) is 0 Å². The van der Waals surface area contributed by atoms with Crippen molar-refractivity contribution >= 4 is 5.91 Å². The Kier molecular flexibility index (Phi) is 4.64. The van der Waals surface area contributed by atoms with E-state index in [1.807, 2.05) is 0 Å². The number of rotatable bonds is 5. The van der Waals surface area contributed by atoms with Crippen molar-refractivity contribution < 1.29 is 4.79 Å². The zero-order valence-corrected chi connectivity index (χ0v) is 9.22. The Morgan fingerprint density at radius 1 is 1.47 bits per heavy atom. The molecule has 3 nitrogen and oxygen atoms in total. The first kappa shape index (κ1) is 12.1. The number of carbonyl (C=O) groups excluding carboxylic acids is 1. The van der Waals surface area contributed by atoms with E-state index in [0.717, 1.165) is 32.1 Å². The van der Waals surface area contributed by atoms with Crippen LogP contribution in [0.25, 0.3) is 0 Å². The molecule has 0 saturated heterocycles. The summed E-state index contributed by atoms with van der Waals surface area (Å²) < 4.78 is 0. The second-order valence-corrected chi connectivity index (χ2v) is 4.40. The van der Waals surface area contributed by atoms with Gasteiger partial charge in [-0.15, -0.1) is 12.3 Å². The second-order valence-electron chi connectivity index (χ2n) is 4.40. The highest BCUT2D eigenvalue weighted by molar-refractivity contribution is 5.77.